The van der Waals surface area contributed by atoms with Crippen molar-refractivity contribution in [1.29, 1.82) is 0 Å². The van der Waals surface area contributed by atoms with Gasteiger partial charge in [0.2, 0.25) is 5.28 Å². The molecule has 4 N–H and O–H groups in total. The minimum absolute atomic E-state index is 0.0365. The molecule has 4 rings (SSSR count). The first-order valence-corrected chi connectivity index (χ1v) is 11.0. The lowest BCUT2D eigenvalue weighted by Gasteiger charge is -2.15. The molecule has 14 heteroatoms. The average molecular weight is 435 g/mol. The molecule has 0 spiro atoms. The summed E-state index contributed by atoms with van der Waals surface area (Å²) in [5, 5.41) is 21.6. The van der Waals surface area contributed by atoms with Crippen LogP contribution >= 0.6 is 19.2 Å². The molecular weight excluding hydrogens is 415 g/mol. The number of hydrogen-bond donors (Lipinski definition) is 4. The lowest BCUT2D eigenvalue weighted by Crippen LogP contribution is -2.26. The van der Waals surface area contributed by atoms with Crippen LogP contribution in [0.25, 0.3) is 11.2 Å². The maximum Gasteiger partial charge on any atom is 0.350 e. The zero-order valence-corrected chi connectivity index (χ0v) is 16.3. The summed E-state index contributed by atoms with van der Waals surface area (Å²) in [6.45, 7) is 0.603. The predicted octanol–water partition coefficient (Wildman–Crippen LogP) is 0.497. The Hall–Kier alpha value is -1.40. The molecule has 3 heterocycles. The van der Waals surface area contributed by atoms with Gasteiger partial charge >= 0.3 is 7.60 Å². The molecule has 2 aliphatic rings. The van der Waals surface area contributed by atoms with Gasteiger partial charge in [-0.25, -0.2) is 0 Å². The lowest BCUT2D eigenvalue weighted by atomic mass is 10.2. The van der Waals surface area contributed by atoms with Crippen LogP contribution in [0.3, 0.4) is 0 Å². The molecular formula is C14H20ClN6O6P. The van der Waals surface area contributed by atoms with Gasteiger partial charge in [-0.15, -0.1) is 5.10 Å². The predicted molar refractivity (Wildman–Crippen MR) is 96.7 cm³/mol. The van der Waals surface area contributed by atoms with Gasteiger partial charge < -0.3 is 29.7 Å². The van der Waals surface area contributed by atoms with E-state index in [0.717, 1.165) is 6.54 Å². The molecule has 1 saturated carbocycles. The maximum atomic E-state index is 10.9. The van der Waals surface area contributed by atoms with Gasteiger partial charge in [-0.05, 0) is 30.4 Å². The Kier molecular flexibility index (Phi) is 5.53. The Morgan fingerprint density at radius 3 is 2.86 bits per heavy atom. The summed E-state index contributed by atoms with van der Waals surface area (Å²) in [5.74, 6) is 1.12. The van der Waals surface area contributed by atoms with Gasteiger partial charge in [0.15, 0.2) is 23.2 Å². The first kappa shape index (κ1) is 19.9. The van der Waals surface area contributed by atoms with Gasteiger partial charge in [-0.1, -0.05) is 5.21 Å². The van der Waals surface area contributed by atoms with E-state index in [9.17, 15) is 9.67 Å². The SMILES string of the molecule is O=P(O)(O)COC[C@H]1O[C@@H](n2nnc3c(NCC4CC4)nc(Cl)nc32)C[C@@H]1O. The second kappa shape index (κ2) is 7.79. The number of nitrogens with one attached hydrogen (secondary N) is 1. The summed E-state index contributed by atoms with van der Waals surface area (Å²) >= 11 is 6.04. The van der Waals surface area contributed by atoms with Crippen molar-refractivity contribution in [3.63, 3.8) is 0 Å². The van der Waals surface area contributed by atoms with Crippen LogP contribution in [0.2, 0.25) is 5.28 Å². The molecule has 2 fully saturated rings. The van der Waals surface area contributed by atoms with E-state index in [0.29, 0.717) is 22.9 Å². The van der Waals surface area contributed by atoms with E-state index in [4.69, 9.17) is 30.9 Å². The number of aliphatic hydroxyl groups excluding tert-OH is 1. The molecule has 3 atom stereocenters. The molecule has 154 valence electrons. The molecule has 0 unspecified atom stereocenters. The monoisotopic (exact) mass is 434 g/mol. The fourth-order valence-electron chi connectivity index (χ4n) is 2.99. The van der Waals surface area contributed by atoms with Crippen LogP contribution in [0.15, 0.2) is 0 Å². The lowest BCUT2D eigenvalue weighted by molar-refractivity contribution is -0.0601. The topological polar surface area (TPSA) is 165 Å². The van der Waals surface area contributed by atoms with Crippen LogP contribution in [-0.2, 0) is 14.0 Å². The van der Waals surface area contributed by atoms with Crippen LogP contribution < -0.4 is 5.32 Å². The third kappa shape index (κ3) is 4.60. The minimum Gasteiger partial charge on any atom is -0.390 e. The summed E-state index contributed by atoms with van der Waals surface area (Å²) in [4.78, 5) is 26.0. The third-order valence-corrected chi connectivity index (χ3v) is 5.26. The zero-order valence-electron chi connectivity index (χ0n) is 14.7. The highest BCUT2D eigenvalue weighted by Gasteiger charge is 2.37. The van der Waals surface area contributed by atoms with Crippen LogP contribution in [-0.4, -0.2) is 71.6 Å². The fraction of sp³-hybridized carbons (Fsp3) is 0.714. The van der Waals surface area contributed by atoms with Crippen molar-refractivity contribution in [1.82, 2.24) is 25.0 Å². The van der Waals surface area contributed by atoms with Crippen molar-refractivity contribution in [2.75, 3.05) is 24.8 Å². The van der Waals surface area contributed by atoms with E-state index < -0.39 is 32.4 Å². The molecule has 28 heavy (non-hydrogen) atoms. The largest absolute Gasteiger partial charge is 0.390 e. The highest BCUT2D eigenvalue weighted by atomic mass is 35.5. The van der Waals surface area contributed by atoms with E-state index in [2.05, 4.69) is 25.6 Å². The second-order valence-corrected chi connectivity index (χ2v) is 8.89. The van der Waals surface area contributed by atoms with Gasteiger partial charge in [0.05, 0.1) is 12.7 Å². The molecule has 0 bridgehead atoms. The summed E-state index contributed by atoms with van der Waals surface area (Å²) in [6.07, 6.45) is -0.524. The number of halogens is 1. The highest BCUT2D eigenvalue weighted by Crippen LogP contribution is 2.36. The van der Waals surface area contributed by atoms with Crippen LogP contribution in [0.1, 0.15) is 25.5 Å². The average Bonchev–Trinajstić information content (AvgIpc) is 3.24. The van der Waals surface area contributed by atoms with Gasteiger partial charge in [0.25, 0.3) is 0 Å². The van der Waals surface area contributed by atoms with Gasteiger partial charge in [-0.3, -0.25) is 4.57 Å². The van der Waals surface area contributed by atoms with Crippen LogP contribution in [0.5, 0.6) is 0 Å². The van der Waals surface area contributed by atoms with E-state index in [1.54, 1.807) is 0 Å². The van der Waals surface area contributed by atoms with Crippen molar-refractivity contribution >= 4 is 36.2 Å². The number of ether oxygens (including phenoxy) is 2. The Labute approximate surface area is 164 Å². The van der Waals surface area contributed by atoms with Crippen LogP contribution in [0.4, 0.5) is 5.82 Å². The van der Waals surface area contributed by atoms with E-state index in [-0.39, 0.29) is 18.3 Å². The van der Waals surface area contributed by atoms with Crippen molar-refractivity contribution in [3.8, 4) is 0 Å². The minimum atomic E-state index is -4.28. The number of rotatable bonds is 8. The Morgan fingerprint density at radius 1 is 1.36 bits per heavy atom. The number of anilines is 1. The molecule has 0 aromatic carbocycles. The molecule has 2 aromatic rings. The molecule has 1 aliphatic heterocycles. The molecule has 1 aliphatic carbocycles. The highest BCUT2D eigenvalue weighted by molar-refractivity contribution is 7.51. The van der Waals surface area contributed by atoms with Gasteiger partial charge in [0, 0.05) is 13.0 Å². The molecule has 2 aromatic heterocycles. The molecule has 0 amide bonds. The zero-order chi connectivity index (χ0) is 19.9. The summed E-state index contributed by atoms with van der Waals surface area (Å²) in [5.41, 5.74) is 0.816. The van der Waals surface area contributed by atoms with Crippen molar-refractivity contribution in [3.05, 3.63) is 5.28 Å². The molecule has 0 radical (unpaired) electrons. The third-order valence-electron chi connectivity index (χ3n) is 4.57. The Morgan fingerprint density at radius 2 is 2.14 bits per heavy atom. The number of aliphatic hydroxyl groups is 1. The van der Waals surface area contributed by atoms with Crippen molar-refractivity contribution < 1.29 is 28.9 Å². The summed E-state index contributed by atoms with van der Waals surface area (Å²) in [6, 6.07) is 0. The number of aromatic nitrogens is 5. The van der Waals surface area contributed by atoms with E-state index in [1.807, 2.05) is 0 Å². The standard InChI is InChI=1S/C14H20ClN6O6P/c15-14-17-12(16-4-7-1-2-7)11-13(18-14)21(20-19-11)10-3-8(22)9(27-10)5-26-6-28(23,24)25/h7-10,22H,1-6H2,(H,16,17,18)(H2,23,24,25)/t8-,9+,10+/m0/s1. The quantitative estimate of drug-likeness (QED) is 0.337. The molecule has 1 saturated heterocycles. The Bertz CT molecular complexity index is 904. The smallest absolute Gasteiger partial charge is 0.350 e. The van der Waals surface area contributed by atoms with E-state index >= 15 is 0 Å². The van der Waals surface area contributed by atoms with Crippen molar-refractivity contribution in [2.45, 2.75) is 37.7 Å². The first-order chi connectivity index (χ1) is 13.3. The van der Waals surface area contributed by atoms with Crippen LogP contribution in [0, 0.1) is 5.92 Å². The second-order valence-electron chi connectivity index (χ2n) is 6.97. The maximum absolute atomic E-state index is 10.9. The molecule has 12 nitrogen and oxygen atoms in total. The van der Waals surface area contributed by atoms with Gasteiger partial charge in [-0.2, -0.15) is 14.6 Å². The summed E-state index contributed by atoms with van der Waals surface area (Å²) < 4.78 is 23.0. The van der Waals surface area contributed by atoms with Crippen molar-refractivity contribution in [2.24, 2.45) is 5.92 Å². The normalized spacial score (nSPS) is 25.5. The number of fused-ring (bicyclic) bond motifs is 1. The van der Waals surface area contributed by atoms with Gasteiger partial charge in [0.1, 0.15) is 12.5 Å². The first-order valence-electron chi connectivity index (χ1n) is 8.78. The fourth-order valence-corrected chi connectivity index (χ4v) is 3.49. The summed E-state index contributed by atoms with van der Waals surface area (Å²) in [7, 11) is -4.28. The van der Waals surface area contributed by atoms with E-state index in [1.165, 1.54) is 17.5 Å². The number of hydrogen-bond acceptors (Lipinski definition) is 9. The Balaban J connectivity index is 1.48. The number of nitrogens with zero attached hydrogens (tertiary/aromatic N) is 5.